The number of hydrogen-bond acceptors (Lipinski definition) is 7. The number of sulfone groups is 1. The molecule has 0 spiro atoms. The number of nitrogens with one attached hydrogen (secondary N) is 1. The Hall–Kier alpha value is -3.21. The van der Waals surface area contributed by atoms with Gasteiger partial charge in [-0.1, -0.05) is 23.2 Å². The van der Waals surface area contributed by atoms with Crippen LogP contribution >= 0.6 is 23.2 Å². The van der Waals surface area contributed by atoms with Gasteiger partial charge in [-0.05, 0) is 55.7 Å². The minimum absolute atomic E-state index is 0.100. The molecule has 0 aromatic heterocycles. The fraction of sp³-hybridized carbons (Fsp3) is 0.375. The van der Waals surface area contributed by atoms with Crippen LogP contribution in [0.5, 0.6) is 11.5 Å². The summed E-state index contributed by atoms with van der Waals surface area (Å²) >= 11 is 11.9. The van der Waals surface area contributed by atoms with E-state index in [-0.39, 0.29) is 22.9 Å². The Morgan fingerprint density at radius 1 is 1.13 bits per heavy atom. The van der Waals surface area contributed by atoms with Crippen molar-refractivity contribution in [3.8, 4) is 17.6 Å². The van der Waals surface area contributed by atoms with Crippen molar-refractivity contribution < 1.29 is 40.7 Å². The molecule has 1 aliphatic heterocycles. The maximum Gasteiger partial charge on any atom is 0.422 e. The van der Waals surface area contributed by atoms with Crippen LogP contribution in [-0.2, 0) is 14.6 Å². The molecule has 208 valence electrons. The zero-order valence-electron chi connectivity index (χ0n) is 19.9. The Bertz CT molecular complexity index is 1430. The summed E-state index contributed by atoms with van der Waals surface area (Å²) < 4.78 is 74.3. The molecule has 2 aromatic carbocycles. The quantitative estimate of drug-likeness (QED) is 0.491. The first-order valence-corrected chi connectivity index (χ1v) is 13.7. The van der Waals surface area contributed by atoms with E-state index in [9.17, 15) is 36.4 Å². The first-order valence-electron chi connectivity index (χ1n) is 11.4. The molecule has 2 aliphatic rings. The number of halogens is 5. The zero-order valence-corrected chi connectivity index (χ0v) is 22.2. The molecule has 2 unspecified atom stereocenters. The van der Waals surface area contributed by atoms with Crippen LogP contribution in [0.1, 0.15) is 19.3 Å². The molecule has 9 nitrogen and oxygen atoms in total. The highest BCUT2D eigenvalue weighted by molar-refractivity contribution is 7.92. The molecule has 0 radical (unpaired) electrons. The van der Waals surface area contributed by atoms with Gasteiger partial charge in [0.1, 0.15) is 23.1 Å². The largest absolute Gasteiger partial charge is 0.484 e. The number of carbonyl (C=O) groups is 2. The first kappa shape index (κ1) is 28.8. The fourth-order valence-electron chi connectivity index (χ4n) is 3.99. The zero-order chi connectivity index (χ0) is 28.6. The molecule has 39 heavy (non-hydrogen) atoms. The average Bonchev–Trinajstić information content (AvgIpc) is 3.48. The van der Waals surface area contributed by atoms with E-state index >= 15 is 0 Å². The molecule has 1 saturated carbocycles. The van der Waals surface area contributed by atoms with E-state index in [1.54, 1.807) is 0 Å². The number of hydrogen-bond donors (Lipinski definition) is 1. The number of ether oxygens (including phenoxy) is 2. The lowest BCUT2D eigenvalue weighted by Gasteiger charge is -2.24. The maximum atomic E-state index is 13.5. The monoisotopic (exact) mass is 605 g/mol. The lowest BCUT2D eigenvalue weighted by molar-refractivity contribution is -0.153. The van der Waals surface area contributed by atoms with Crippen LogP contribution < -0.4 is 14.8 Å². The number of rotatable bonds is 7. The van der Waals surface area contributed by atoms with Crippen LogP contribution in [0.15, 0.2) is 47.4 Å². The summed E-state index contributed by atoms with van der Waals surface area (Å²) in [6.45, 7) is -2.04. The van der Waals surface area contributed by atoms with Gasteiger partial charge in [-0.15, -0.1) is 0 Å². The lowest BCUT2D eigenvalue weighted by atomic mass is 10.2. The van der Waals surface area contributed by atoms with Gasteiger partial charge in [-0.2, -0.15) is 18.4 Å². The van der Waals surface area contributed by atoms with Crippen molar-refractivity contribution in [1.82, 2.24) is 10.2 Å². The number of nitriles is 1. The molecule has 4 rings (SSSR count). The molecular formula is C24H20Cl2F3N3O6S. The van der Waals surface area contributed by atoms with Crippen molar-refractivity contribution >= 4 is 45.0 Å². The van der Waals surface area contributed by atoms with E-state index in [4.69, 9.17) is 27.9 Å². The molecule has 15 heteroatoms. The molecule has 1 heterocycles. The van der Waals surface area contributed by atoms with E-state index in [1.807, 2.05) is 6.07 Å². The first-order chi connectivity index (χ1) is 18.2. The predicted molar refractivity (Wildman–Crippen MR) is 132 cm³/mol. The summed E-state index contributed by atoms with van der Waals surface area (Å²) in [7, 11) is -4.30. The molecule has 2 aromatic rings. The minimum Gasteiger partial charge on any atom is -0.484 e. The van der Waals surface area contributed by atoms with E-state index in [2.05, 4.69) is 10.1 Å². The second-order valence-corrected chi connectivity index (χ2v) is 12.1. The Morgan fingerprint density at radius 3 is 2.33 bits per heavy atom. The van der Waals surface area contributed by atoms with Crippen molar-refractivity contribution in [3.05, 3.63) is 52.5 Å². The normalized spacial score (nSPS) is 20.2. The highest BCUT2D eigenvalue weighted by Crippen LogP contribution is 2.37. The fourth-order valence-corrected chi connectivity index (χ4v) is 6.35. The predicted octanol–water partition coefficient (Wildman–Crippen LogP) is 4.52. The lowest BCUT2D eigenvalue weighted by Crippen LogP contribution is -2.50. The number of benzene rings is 2. The van der Waals surface area contributed by atoms with Crippen LogP contribution in [0.4, 0.5) is 18.0 Å². The smallest absolute Gasteiger partial charge is 0.422 e. The molecule has 0 bridgehead atoms. The molecule has 2 amide bonds. The van der Waals surface area contributed by atoms with Crippen molar-refractivity contribution in [3.63, 3.8) is 0 Å². The van der Waals surface area contributed by atoms with Gasteiger partial charge in [-0.25, -0.2) is 13.2 Å². The van der Waals surface area contributed by atoms with Gasteiger partial charge in [0.2, 0.25) is 5.91 Å². The van der Waals surface area contributed by atoms with E-state index in [0.717, 1.165) is 23.1 Å². The van der Waals surface area contributed by atoms with Crippen LogP contribution in [0.3, 0.4) is 0 Å². The third kappa shape index (κ3) is 6.69. The van der Waals surface area contributed by atoms with Crippen LogP contribution in [0.2, 0.25) is 10.0 Å². The number of alkyl halides is 3. The average molecular weight is 606 g/mol. The third-order valence-electron chi connectivity index (χ3n) is 6.20. The highest BCUT2D eigenvalue weighted by atomic mass is 35.5. The second-order valence-electron chi connectivity index (χ2n) is 9.07. The standard InChI is InChI=1S/C24H20Cl2F3N3O6S/c25-14-1-3-15(4-2-14)38-22(34)32-11-17(10-19(32)21(33)31-23(12-30)7-8-23)39(35,36)20-6-5-16(9-18(20)26)37-13-24(27,28)29/h1-6,9,17,19H,7-8,10-11,13H2,(H,31,33). The summed E-state index contributed by atoms with van der Waals surface area (Å²) in [5.41, 5.74) is -1.07. The van der Waals surface area contributed by atoms with Gasteiger partial charge in [0.05, 0.1) is 21.2 Å². The highest BCUT2D eigenvalue weighted by Gasteiger charge is 2.51. The Balaban J connectivity index is 1.57. The molecule has 1 saturated heterocycles. The van der Waals surface area contributed by atoms with Crippen LogP contribution in [0.25, 0.3) is 0 Å². The number of nitrogens with zero attached hydrogens (tertiary/aromatic N) is 2. The van der Waals surface area contributed by atoms with E-state index in [0.29, 0.717) is 17.9 Å². The second kappa shape index (κ2) is 10.7. The number of likely N-dealkylation sites (tertiary alicyclic amines) is 1. The SMILES string of the molecule is N#CC1(NC(=O)C2CC(S(=O)(=O)c3ccc(OCC(F)(F)F)cc3Cl)CN2C(=O)Oc2ccc(Cl)cc2)CC1. The van der Waals surface area contributed by atoms with Gasteiger partial charge < -0.3 is 14.8 Å². The van der Waals surface area contributed by atoms with Gasteiger partial charge in [-0.3, -0.25) is 9.69 Å². The van der Waals surface area contributed by atoms with Crippen molar-refractivity contribution in [2.45, 2.75) is 47.2 Å². The molecular weight excluding hydrogens is 586 g/mol. The summed E-state index contributed by atoms with van der Waals surface area (Å²) in [6, 6.07) is 9.45. The van der Waals surface area contributed by atoms with Crippen LogP contribution in [-0.4, -0.2) is 61.5 Å². The third-order valence-corrected chi connectivity index (χ3v) is 9.06. The van der Waals surface area contributed by atoms with Gasteiger partial charge >= 0.3 is 12.3 Å². The Labute approximate surface area is 231 Å². The molecule has 2 fully saturated rings. The van der Waals surface area contributed by atoms with E-state index in [1.165, 1.54) is 24.3 Å². The van der Waals surface area contributed by atoms with Crippen molar-refractivity contribution in [2.75, 3.05) is 13.2 Å². The Morgan fingerprint density at radius 2 is 1.77 bits per heavy atom. The Kier molecular flexibility index (Phi) is 7.93. The number of carbonyl (C=O) groups excluding carboxylic acids is 2. The minimum atomic E-state index is -4.61. The van der Waals surface area contributed by atoms with Crippen LogP contribution in [0, 0.1) is 11.3 Å². The molecule has 2 atom stereocenters. The topological polar surface area (TPSA) is 126 Å². The summed E-state index contributed by atoms with van der Waals surface area (Å²) in [5.74, 6) is -0.913. The number of amides is 2. The maximum absolute atomic E-state index is 13.5. The van der Waals surface area contributed by atoms with Gasteiger partial charge in [0, 0.05) is 17.6 Å². The van der Waals surface area contributed by atoms with Crippen molar-refractivity contribution in [1.29, 1.82) is 5.26 Å². The van der Waals surface area contributed by atoms with Gasteiger partial charge in [0.25, 0.3) is 0 Å². The van der Waals surface area contributed by atoms with E-state index < -0.39 is 62.9 Å². The summed E-state index contributed by atoms with van der Waals surface area (Å²) in [5, 5.41) is 10.6. The summed E-state index contributed by atoms with van der Waals surface area (Å²) in [4.78, 5) is 26.7. The van der Waals surface area contributed by atoms with Crippen molar-refractivity contribution in [2.24, 2.45) is 0 Å². The molecule has 1 aliphatic carbocycles. The molecule has 1 N–H and O–H groups in total. The summed E-state index contributed by atoms with van der Waals surface area (Å²) in [6.07, 6.45) is -5.12. The van der Waals surface area contributed by atoms with Gasteiger partial charge in [0.15, 0.2) is 16.4 Å².